The van der Waals surface area contributed by atoms with Crippen LogP contribution in [0.25, 0.3) is 11.1 Å². The Morgan fingerprint density at radius 2 is 1.59 bits per heavy atom. The number of rotatable bonds is 1. The minimum absolute atomic E-state index is 0.131. The summed E-state index contributed by atoms with van der Waals surface area (Å²) in [6, 6.07) is 5.23. The van der Waals surface area contributed by atoms with E-state index in [2.05, 4.69) is 9.97 Å². The highest BCUT2D eigenvalue weighted by atomic mass is 35.5. The summed E-state index contributed by atoms with van der Waals surface area (Å²) in [7, 11) is 0. The van der Waals surface area contributed by atoms with Gasteiger partial charge in [-0.1, -0.05) is 29.3 Å². The van der Waals surface area contributed by atoms with E-state index in [1.807, 2.05) is 0 Å². The lowest BCUT2D eigenvalue weighted by Gasteiger charge is -2.12. The average molecular weight is 269 g/mol. The molecule has 2 aromatic rings. The third-order valence-electron chi connectivity index (χ3n) is 2.35. The van der Waals surface area contributed by atoms with E-state index in [1.54, 1.807) is 25.1 Å². The van der Waals surface area contributed by atoms with Crippen molar-refractivity contribution in [3.63, 3.8) is 0 Å². The van der Waals surface area contributed by atoms with Crippen molar-refractivity contribution < 1.29 is 0 Å². The molecule has 0 bridgehead atoms. The number of nitrogen functional groups attached to an aromatic ring is 2. The molecule has 0 radical (unpaired) electrons. The standard InChI is InChI=1S/C11H10Cl2N4/c1-5-8(10(14)17-11(15)16-5)9-6(12)3-2-4-7(9)13/h2-4H,1H3,(H4,14,15,16,17). The van der Waals surface area contributed by atoms with Crippen LogP contribution in [0.5, 0.6) is 0 Å². The zero-order chi connectivity index (χ0) is 12.6. The molecule has 0 aliphatic heterocycles. The van der Waals surface area contributed by atoms with Gasteiger partial charge in [0.25, 0.3) is 0 Å². The van der Waals surface area contributed by atoms with Crippen LogP contribution in [0, 0.1) is 6.92 Å². The van der Waals surface area contributed by atoms with Crippen molar-refractivity contribution >= 4 is 35.0 Å². The maximum absolute atomic E-state index is 6.12. The Morgan fingerprint density at radius 1 is 1.00 bits per heavy atom. The first-order chi connectivity index (χ1) is 8.00. The number of anilines is 2. The van der Waals surface area contributed by atoms with E-state index in [1.165, 1.54) is 0 Å². The Hall–Kier alpha value is -1.52. The lowest BCUT2D eigenvalue weighted by molar-refractivity contribution is 1.13. The van der Waals surface area contributed by atoms with Crippen molar-refractivity contribution in [3.05, 3.63) is 33.9 Å². The molecule has 17 heavy (non-hydrogen) atoms. The molecule has 2 rings (SSSR count). The number of hydrogen-bond donors (Lipinski definition) is 2. The maximum Gasteiger partial charge on any atom is 0.222 e. The molecule has 0 atom stereocenters. The summed E-state index contributed by atoms with van der Waals surface area (Å²) in [5.41, 5.74) is 13.3. The van der Waals surface area contributed by atoms with Gasteiger partial charge < -0.3 is 11.5 Å². The van der Waals surface area contributed by atoms with Gasteiger partial charge in [-0.2, -0.15) is 4.98 Å². The second-order valence-corrected chi connectivity index (χ2v) is 4.34. The Balaban J connectivity index is 2.77. The average Bonchev–Trinajstić information content (AvgIpc) is 2.21. The molecule has 6 heteroatoms. The van der Waals surface area contributed by atoms with Gasteiger partial charge in [-0.05, 0) is 19.1 Å². The van der Waals surface area contributed by atoms with Gasteiger partial charge in [0.15, 0.2) is 0 Å². The fraction of sp³-hybridized carbons (Fsp3) is 0.0909. The quantitative estimate of drug-likeness (QED) is 0.834. The Bertz CT molecular complexity index is 540. The number of hydrogen-bond acceptors (Lipinski definition) is 4. The zero-order valence-electron chi connectivity index (χ0n) is 9.04. The molecule has 0 aliphatic rings. The zero-order valence-corrected chi connectivity index (χ0v) is 10.5. The van der Waals surface area contributed by atoms with Crippen LogP contribution >= 0.6 is 23.2 Å². The molecule has 4 N–H and O–H groups in total. The first-order valence-electron chi connectivity index (χ1n) is 4.84. The first-order valence-corrected chi connectivity index (χ1v) is 5.60. The molecular formula is C11H10Cl2N4. The predicted molar refractivity (Wildman–Crippen MR) is 71.0 cm³/mol. The molecule has 0 unspecified atom stereocenters. The van der Waals surface area contributed by atoms with Gasteiger partial charge in [0.1, 0.15) is 5.82 Å². The van der Waals surface area contributed by atoms with Crippen LogP contribution in [0.4, 0.5) is 11.8 Å². The van der Waals surface area contributed by atoms with Gasteiger partial charge in [-0.25, -0.2) is 4.98 Å². The van der Waals surface area contributed by atoms with E-state index in [0.29, 0.717) is 26.9 Å². The summed E-state index contributed by atoms with van der Waals surface area (Å²) >= 11 is 12.2. The minimum atomic E-state index is 0.131. The third-order valence-corrected chi connectivity index (χ3v) is 2.98. The molecule has 0 spiro atoms. The minimum Gasteiger partial charge on any atom is -0.383 e. The van der Waals surface area contributed by atoms with Gasteiger partial charge in [0.05, 0.1) is 15.7 Å². The van der Waals surface area contributed by atoms with Gasteiger partial charge in [0, 0.05) is 11.1 Å². The smallest absolute Gasteiger partial charge is 0.222 e. The molecule has 0 amide bonds. The molecule has 1 aromatic heterocycles. The Morgan fingerprint density at radius 3 is 2.12 bits per heavy atom. The van der Waals surface area contributed by atoms with Crippen LogP contribution in [-0.2, 0) is 0 Å². The first kappa shape index (κ1) is 12.0. The van der Waals surface area contributed by atoms with Crippen molar-refractivity contribution in [2.24, 2.45) is 0 Å². The summed E-state index contributed by atoms with van der Waals surface area (Å²) in [5, 5.41) is 1.00. The summed E-state index contributed by atoms with van der Waals surface area (Å²) in [6.45, 7) is 1.78. The number of nitrogens with zero attached hydrogens (tertiary/aromatic N) is 2. The fourth-order valence-electron chi connectivity index (χ4n) is 1.66. The normalized spacial score (nSPS) is 10.5. The fourth-order valence-corrected chi connectivity index (χ4v) is 2.25. The number of benzene rings is 1. The molecular weight excluding hydrogens is 259 g/mol. The third kappa shape index (κ3) is 2.14. The highest BCUT2D eigenvalue weighted by molar-refractivity contribution is 6.39. The largest absolute Gasteiger partial charge is 0.383 e. The van der Waals surface area contributed by atoms with Crippen LogP contribution in [0.2, 0.25) is 10.0 Å². The number of aryl methyl sites for hydroxylation is 1. The van der Waals surface area contributed by atoms with E-state index >= 15 is 0 Å². The van der Waals surface area contributed by atoms with Gasteiger partial charge in [0.2, 0.25) is 5.95 Å². The molecule has 4 nitrogen and oxygen atoms in total. The van der Waals surface area contributed by atoms with E-state index in [4.69, 9.17) is 34.7 Å². The van der Waals surface area contributed by atoms with Gasteiger partial charge in [-0.3, -0.25) is 0 Å². The number of aromatic nitrogens is 2. The van der Waals surface area contributed by atoms with E-state index in [9.17, 15) is 0 Å². The van der Waals surface area contributed by atoms with Crippen LogP contribution in [-0.4, -0.2) is 9.97 Å². The van der Waals surface area contributed by atoms with Gasteiger partial charge in [-0.15, -0.1) is 0 Å². The molecule has 0 saturated carbocycles. The Labute approximate surface area is 109 Å². The highest BCUT2D eigenvalue weighted by Crippen LogP contribution is 2.38. The van der Waals surface area contributed by atoms with E-state index in [-0.39, 0.29) is 11.8 Å². The summed E-state index contributed by atoms with van der Waals surface area (Å²) < 4.78 is 0. The molecule has 1 aromatic carbocycles. The van der Waals surface area contributed by atoms with Crippen LogP contribution < -0.4 is 11.5 Å². The van der Waals surface area contributed by atoms with E-state index in [0.717, 1.165) is 0 Å². The highest BCUT2D eigenvalue weighted by Gasteiger charge is 2.16. The van der Waals surface area contributed by atoms with Crippen molar-refractivity contribution in [3.8, 4) is 11.1 Å². The Kier molecular flexibility index (Phi) is 3.09. The van der Waals surface area contributed by atoms with Crippen molar-refractivity contribution in [1.29, 1.82) is 0 Å². The molecule has 1 heterocycles. The van der Waals surface area contributed by atoms with Crippen LogP contribution in [0.15, 0.2) is 18.2 Å². The number of nitrogens with two attached hydrogens (primary N) is 2. The monoisotopic (exact) mass is 268 g/mol. The van der Waals surface area contributed by atoms with Gasteiger partial charge >= 0.3 is 0 Å². The summed E-state index contributed by atoms with van der Waals surface area (Å²) in [5.74, 6) is 0.400. The lowest BCUT2D eigenvalue weighted by Crippen LogP contribution is -2.04. The van der Waals surface area contributed by atoms with Crippen LogP contribution in [0.3, 0.4) is 0 Å². The predicted octanol–water partition coefficient (Wildman–Crippen LogP) is 2.92. The SMILES string of the molecule is Cc1nc(N)nc(N)c1-c1c(Cl)cccc1Cl. The molecule has 0 saturated heterocycles. The van der Waals surface area contributed by atoms with E-state index < -0.39 is 0 Å². The second kappa shape index (κ2) is 4.39. The van der Waals surface area contributed by atoms with Crippen LogP contribution in [0.1, 0.15) is 5.69 Å². The topological polar surface area (TPSA) is 77.8 Å². The lowest BCUT2D eigenvalue weighted by atomic mass is 10.0. The van der Waals surface area contributed by atoms with Crippen molar-refractivity contribution in [2.45, 2.75) is 6.92 Å². The summed E-state index contributed by atoms with van der Waals surface area (Å²) in [4.78, 5) is 7.98. The van der Waals surface area contributed by atoms with Crippen molar-refractivity contribution in [1.82, 2.24) is 9.97 Å². The van der Waals surface area contributed by atoms with Crippen molar-refractivity contribution in [2.75, 3.05) is 11.5 Å². The number of halogens is 2. The summed E-state index contributed by atoms with van der Waals surface area (Å²) in [6.07, 6.45) is 0. The molecule has 88 valence electrons. The second-order valence-electron chi connectivity index (χ2n) is 3.52. The maximum atomic E-state index is 6.12. The molecule has 0 fully saturated rings. The molecule has 0 aliphatic carbocycles.